The van der Waals surface area contributed by atoms with Gasteiger partial charge in [-0.05, 0) is 25.0 Å². The molecule has 100 valence electrons. The molecule has 0 fully saturated rings. The highest BCUT2D eigenvalue weighted by Gasteiger charge is 2.07. The number of aryl methyl sites for hydroxylation is 2. The Morgan fingerprint density at radius 3 is 2.74 bits per heavy atom. The molecule has 0 aliphatic heterocycles. The Balaban J connectivity index is 2.46. The maximum Gasteiger partial charge on any atom is 0.331 e. The van der Waals surface area contributed by atoms with E-state index in [1.807, 2.05) is 26.0 Å². The van der Waals surface area contributed by atoms with Gasteiger partial charge in [0.2, 0.25) is 0 Å². The zero-order valence-electron chi connectivity index (χ0n) is 11.2. The van der Waals surface area contributed by atoms with E-state index < -0.39 is 0 Å². The molecular weight excluding hydrogens is 242 g/mol. The fourth-order valence-electron chi connectivity index (χ4n) is 1.95. The van der Waals surface area contributed by atoms with Crippen LogP contribution < -0.4 is 11.2 Å². The van der Waals surface area contributed by atoms with Crippen LogP contribution in [0.2, 0.25) is 0 Å². The third-order valence-corrected chi connectivity index (χ3v) is 3.03. The molecule has 0 aliphatic carbocycles. The third-order valence-electron chi connectivity index (χ3n) is 3.03. The van der Waals surface area contributed by atoms with Crippen molar-refractivity contribution in [2.75, 3.05) is 0 Å². The molecule has 19 heavy (non-hydrogen) atoms. The Morgan fingerprint density at radius 1 is 1.26 bits per heavy atom. The van der Waals surface area contributed by atoms with E-state index in [2.05, 4.69) is 4.98 Å². The van der Waals surface area contributed by atoms with Crippen molar-refractivity contribution in [3.05, 3.63) is 62.7 Å². The van der Waals surface area contributed by atoms with Crippen LogP contribution in [0.1, 0.15) is 24.6 Å². The van der Waals surface area contributed by atoms with Gasteiger partial charge in [0.05, 0.1) is 12.2 Å². The van der Waals surface area contributed by atoms with Crippen molar-refractivity contribution in [2.24, 2.45) is 0 Å². The summed E-state index contributed by atoms with van der Waals surface area (Å²) in [5.41, 5.74) is 1.15. The molecule has 2 aromatic heterocycles. The average Bonchev–Trinajstić information content (AvgIpc) is 2.40. The van der Waals surface area contributed by atoms with Gasteiger partial charge >= 0.3 is 5.69 Å². The summed E-state index contributed by atoms with van der Waals surface area (Å²) in [6.45, 7) is 4.74. The number of hydrogen-bond acceptors (Lipinski definition) is 3. The molecule has 0 radical (unpaired) electrons. The summed E-state index contributed by atoms with van der Waals surface area (Å²) in [6.07, 6.45) is 4.07. The number of hydrogen-bond donors (Lipinski definition) is 0. The van der Waals surface area contributed by atoms with E-state index in [1.165, 1.54) is 10.6 Å². The largest absolute Gasteiger partial charge is 0.331 e. The lowest BCUT2D eigenvalue weighted by Gasteiger charge is -2.09. The number of rotatable bonds is 4. The molecule has 0 N–H and O–H groups in total. The highest BCUT2D eigenvalue weighted by molar-refractivity contribution is 5.17. The zero-order valence-corrected chi connectivity index (χ0v) is 11.2. The predicted octanol–water partition coefficient (Wildman–Crippen LogP) is 1.17. The monoisotopic (exact) mass is 259 g/mol. The minimum atomic E-state index is -0.289. The minimum absolute atomic E-state index is 0.217. The average molecular weight is 259 g/mol. The number of aromatic nitrogens is 3. The van der Waals surface area contributed by atoms with Crippen LogP contribution in [0.25, 0.3) is 0 Å². The van der Waals surface area contributed by atoms with Crippen LogP contribution in [0, 0.1) is 6.92 Å². The summed E-state index contributed by atoms with van der Waals surface area (Å²) in [4.78, 5) is 28.3. The van der Waals surface area contributed by atoms with Gasteiger partial charge in [0.1, 0.15) is 0 Å². The summed E-state index contributed by atoms with van der Waals surface area (Å²) >= 11 is 0. The van der Waals surface area contributed by atoms with Crippen LogP contribution >= 0.6 is 0 Å². The molecule has 0 atom stereocenters. The molecule has 0 aliphatic rings. The first-order chi connectivity index (χ1) is 9.13. The molecule has 0 spiro atoms. The summed E-state index contributed by atoms with van der Waals surface area (Å²) in [7, 11) is 0. The summed E-state index contributed by atoms with van der Waals surface area (Å²) in [5.74, 6) is 0. The highest BCUT2D eigenvalue weighted by atomic mass is 16.2. The van der Waals surface area contributed by atoms with E-state index in [1.54, 1.807) is 17.0 Å². The minimum Gasteiger partial charge on any atom is -0.300 e. The molecule has 2 rings (SSSR count). The topological polar surface area (TPSA) is 56.9 Å². The van der Waals surface area contributed by atoms with Gasteiger partial charge in [-0.2, -0.15) is 0 Å². The van der Waals surface area contributed by atoms with Crippen molar-refractivity contribution in [3.63, 3.8) is 0 Å². The first kappa shape index (κ1) is 13.3. The molecule has 0 bridgehead atoms. The molecule has 0 amide bonds. The second-order valence-electron chi connectivity index (χ2n) is 4.48. The van der Waals surface area contributed by atoms with Gasteiger partial charge in [-0.3, -0.25) is 14.3 Å². The lowest BCUT2D eigenvalue weighted by molar-refractivity contribution is 0.566. The van der Waals surface area contributed by atoms with Gasteiger partial charge in [0.25, 0.3) is 5.56 Å². The van der Waals surface area contributed by atoms with Gasteiger partial charge in [-0.25, -0.2) is 4.79 Å². The highest BCUT2D eigenvalue weighted by Crippen LogP contribution is 2.03. The predicted molar refractivity (Wildman–Crippen MR) is 73.3 cm³/mol. The second-order valence-corrected chi connectivity index (χ2v) is 4.48. The maximum absolute atomic E-state index is 12.2. The van der Waals surface area contributed by atoms with Crippen molar-refractivity contribution < 1.29 is 0 Å². The maximum atomic E-state index is 12.2. The van der Waals surface area contributed by atoms with Crippen LogP contribution in [0.4, 0.5) is 0 Å². The first-order valence-electron chi connectivity index (χ1n) is 6.34. The molecule has 0 saturated heterocycles. The number of nitrogens with zero attached hydrogens (tertiary/aromatic N) is 3. The van der Waals surface area contributed by atoms with Crippen molar-refractivity contribution in [3.8, 4) is 0 Å². The Labute approximate surface area is 111 Å². The van der Waals surface area contributed by atoms with Crippen molar-refractivity contribution in [1.82, 2.24) is 14.1 Å². The van der Waals surface area contributed by atoms with E-state index in [-0.39, 0.29) is 17.8 Å². The van der Waals surface area contributed by atoms with E-state index in [0.29, 0.717) is 6.54 Å². The Bertz CT molecular complexity index is 686. The Kier molecular flexibility index (Phi) is 3.94. The lowest BCUT2D eigenvalue weighted by atomic mass is 10.2. The molecule has 2 aromatic rings. The van der Waals surface area contributed by atoms with Gasteiger partial charge in [-0.15, -0.1) is 0 Å². The molecule has 0 saturated carbocycles. The first-order valence-corrected chi connectivity index (χ1v) is 6.34. The van der Waals surface area contributed by atoms with Gasteiger partial charge in [0, 0.05) is 25.0 Å². The normalized spacial score (nSPS) is 10.6. The summed E-state index contributed by atoms with van der Waals surface area (Å²) in [5, 5.41) is 0. The van der Waals surface area contributed by atoms with Crippen LogP contribution in [0.3, 0.4) is 0 Å². The van der Waals surface area contributed by atoms with E-state index in [4.69, 9.17) is 0 Å². The van der Waals surface area contributed by atoms with Crippen molar-refractivity contribution in [2.45, 2.75) is 33.4 Å². The van der Waals surface area contributed by atoms with Crippen LogP contribution in [-0.2, 0) is 13.1 Å². The molecule has 0 aromatic carbocycles. The smallest absolute Gasteiger partial charge is 0.300 e. The molecule has 0 unspecified atom stereocenters. The van der Waals surface area contributed by atoms with E-state index in [0.717, 1.165) is 17.7 Å². The van der Waals surface area contributed by atoms with Gasteiger partial charge in [-0.1, -0.05) is 13.0 Å². The van der Waals surface area contributed by atoms with Crippen LogP contribution in [0.15, 0.2) is 40.2 Å². The van der Waals surface area contributed by atoms with Gasteiger partial charge in [0.15, 0.2) is 0 Å². The van der Waals surface area contributed by atoms with E-state index >= 15 is 0 Å². The van der Waals surface area contributed by atoms with E-state index in [9.17, 15) is 9.59 Å². The molecular formula is C14H17N3O2. The number of pyridine rings is 1. The van der Waals surface area contributed by atoms with Crippen molar-refractivity contribution >= 4 is 0 Å². The third kappa shape index (κ3) is 2.81. The Hall–Kier alpha value is -2.17. The van der Waals surface area contributed by atoms with Crippen LogP contribution in [0.5, 0.6) is 0 Å². The zero-order chi connectivity index (χ0) is 13.8. The SMILES string of the molecule is CCCn1ccc(=O)n(Cc2ncccc2C)c1=O. The quantitative estimate of drug-likeness (QED) is 0.828. The van der Waals surface area contributed by atoms with Crippen molar-refractivity contribution in [1.29, 1.82) is 0 Å². The standard InChI is InChI=1S/C14H17N3O2/c1-3-8-16-9-6-13(18)17(14(16)19)10-12-11(2)5-4-7-15-12/h4-7,9H,3,8,10H2,1-2H3. The molecule has 5 nitrogen and oxygen atoms in total. The summed E-state index contributed by atoms with van der Waals surface area (Å²) < 4.78 is 2.78. The second kappa shape index (κ2) is 5.65. The molecule has 5 heteroatoms. The van der Waals surface area contributed by atoms with Gasteiger partial charge < -0.3 is 4.57 Å². The van der Waals surface area contributed by atoms with Crippen LogP contribution in [-0.4, -0.2) is 14.1 Å². The summed E-state index contributed by atoms with van der Waals surface area (Å²) in [6, 6.07) is 5.18. The fraction of sp³-hybridized carbons (Fsp3) is 0.357. The Morgan fingerprint density at radius 2 is 2.05 bits per heavy atom. The molecule has 2 heterocycles. The fourth-order valence-corrected chi connectivity index (χ4v) is 1.95. The lowest BCUT2D eigenvalue weighted by Crippen LogP contribution is -2.39.